The van der Waals surface area contributed by atoms with Gasteiger partial charge in [-0.15, -0.1) is 0 Å². The van der Waals surface area contributed by atoms with E-state index in [1.165, 1.54) is 0 Å². The molecule has 0 atom stereocenters. The molecule has 2 aromatic heterocycles. The number of aryl methyl sites for hydroxylation is 2. The molecular weight excluding hydrogens is 1030 g/mol. The average Bonchev–Trinajstić information content (AvgIpc) is 4.27. The van der Waals surface area contributed by atoms with Crippen molar-refractivity contribution in [1.29, 1.82) is 0 Å². The second-order valence-corrected chi connectivity index (χ2v) is 17.6. The maximum Gasteiger partial charge on any atom is 0.416 e. The standard InChI is InChI=1S/2C28H21F4N5O2/c2*1-15-4-6-19(35-27(39)37-25-11-16(28(30,31)32)5-9-22(25)29)13-23(15)34-18-7-8-20-21(12-17-3-2-10-33-17)26(38)36-24(20)14-18/h2*2-14,33-34H,1H3,(H,36,38)(H2,35,37,39)/b2*21-12-. The van der Waals surface area contributed by atoms with Crippen LogP contribution >= 0.6 is 0 Å². The molecule has 0 spiro atoms. The van der Waals surface area contributed by atoms with Gasteiger partial charge in [0, 0.05) is 69.0 Å². The first kappa shape index (κ1) is 52.7. The summed E-state index contributed by atoms with van der Waals surface area (Å²) in [7, 11) is 0. The first-order chi connectivity index (χ1) is 37.1. The summed E-state index contributed by atoms with van der Waals surface area (Å²) >= 11 is 0. The SMILES string of the molecule is Cc1ccc(NC(=O)Nc2cc(C(F)(F)F)ccc2F)cc1Nc1ccc2c(c1)NC(=O)/C2=C\c1ccc[nH]1.Cc1ccc(NC(=O)Nc2cc(C(F)(F)F)ccc2F)cc1Nc1ccc2c(c1)NC(=O)/C2=C\c1ccc[nH]1. The average molecular weight is 1070 g/mol. The monoisotopic (exact) mass is 1070 g/mol. The Morgan fingerprint density at radius 1 is 0.462 bits per heavy atom. The lowest BCUT2D eigenvalue weighted by atomic mass is 10.1. The van der Waals surface area contributed by atoms with Crippen LogP contribution in [0.3, 0.4) is 0 Å². The summed E-state index contributed by atoms with van der Waals surface area (Å²) in [4.78, 5) is 55.9. The Bertz CT molecular complexity index is 3460. The maximum absolute atomic E-state index is 14.0. The molecule has 22 heteroatoms. The molecular formula is C56H42F8N10O4. The van der Waals surface area contributed by atoms with Crippen molar-refractivity contribution >= 4 is 104 Å². The van der Waals surface area contributed by atoms with Gasteiger partial charge in [-0.05, 0) is 146 Å². The zero-order valence-corrected chi connectivity index (χ0v) is 40.7. The maximum atomic E-state index is 14.0. The number of aromatic amines is 2. The Labute approximate surface area is 438 Å². The largest absolute Gasteiger partial charge is 0.416 e. The summed E-state index contributed by atoms with van der Waals surface area (Å²) in [5.41, 5.74) is 6.99. The van der Waals surface area contributed by atoms with Gasteiger partial charge in [0.1, 0.15) is 11.6 Å². The van der Waals surface area contributed by atoms with Crippen molar-refractivity contribution < 1.29 is 54.3 Å². The number of alkyl halides is 6. The lowest BCUT2D eigenvalue weighted by Gasteiger charge is -2.14. The van der Waals surface area contributed by atoms with Crippen molar-refractivity contribution in [2.75, 3.05) is 42.5 Å². The number of fused-ring (bicyclic) bond motifs is 2. The molecule has 0 bridgehead atoms. The summed E-state index contributed by atoms with van der Waals surface area (Å²) in [5.74, 6) is -2.44. The number of urea groups is 2. The first-order valence-electron chi connectivity index (χ1n) is 23.4. The number of hydrogen-bond donors (Lipinski definition) is 10. The molecule has 14 nitrogen and oxygen atoms in total. The molecule has 0 aliphatic carbocycles. The molecule has 4 heterocycles. The number of aromatic nitrogens is 2. The van der Waals surface area contributed by atoms with E-state index in [1.54, 1.807) is 73.1 Å². The van der Waals surface area contributed by atoms with Crippen molar-refractivity contribution in [2.24, 2.45) is 0 Å². The third kappa shape index (κ3) is 12.3. The van der Waals surface area contributed by atoms with Crippen LogP contribution in [0.2, 0.25) is 0 Å². The summed E-state index contributed by atoms with van der Waals surface area (Å²) in [6.07, 6.45) is -2.29. The minimum Gasteiger partial charge on any atom is -0.362 e. The van der Waals surface area contributed by atoms with Crippen molar-refractivity contribution in [3.8, 4) is 0 Å². The highest BCUT2D eigenvalue weighted by Crippen LogP contribution is 2.39. The van der Waals surface area contributed by atoms with Crippen LogP contribution in [0, 0.1) is 25.5 Å². The summed E-state index contributed by atoms with van der Waals surface area (Å²) in [5, 5.41) is 21.4. The summed E-state index contributed by atoms with van der Waals surface area (Å²) < 4.78 is 106. The Balaban J connectivity index is 0.000000190. The van der Waals surface area contributed by atoms with E-state index >= 15 is 0 Å². The van der Waals surface area contributed by atoms with Crippen molar-refractivity contribution in [2.45, 2.75) is 26.2 Å². The van der Waals surface area contributed by atoms with Gasteiger partial charge in [-0.3, -0.25) is 9.59 Å². The molecule has 6 amide bonds. The van der Waals surface area contributed by atoms with Crippen LogP contribution in [-0.4, -0.2) is 33.8 Å². The number of amides is 6. The first-order valence-corrected chi connectivity index (χ1v) is 23.4. The molecule has 6 aromatic carbocycles. The molecule has 2 aliphatic heterocycles. The highest BCUT2D eigenvalue weighted by atomic mass is 19.4. The number of nitrogens with one attached hydrogen (secondary N) is 10. The third-order valence-electron chi connectivity index (χ3n) is 12.1. The van der Waals surface area contributed by atoms with Crippen LogP contribution in [0.25, 0.3) is 23.3 Å². The minimum atomic E-state index is -4.68. The van der Waals surface area contributed by atoms with Crippen LogP contribution < -0.4 is 42.5 Å². The lowest BCUT2D eigenvalue weighted by molar-refractivity contribution is -0.138. The van der Waals surface area contributed by atoms with Gasteiger partial charge in [0.25, 0.3) is 11.8 Å². The van der Waals surface area contributed by atoms with Crippen molar-refractivity contribution in [1.82, 2.24) is 9.97 Å². The number of benzene rings is 6. The molecule has 8 aromatic rings. The quantitative estimate of drug-likeness (QED) is 0.0478. The van der Waals surface area contributed by atoms with Crippen LogP contribution in [0.4, 0.5) is 102 Å². The summed E-state index contributed by atoms with van der Waals surface area (Å²) in [6, 6.07) is 29.8. The van der Waals surface area contributed by atoms with Gasteiger partial charge >= 0.3 is 24.4 Å². The van der Waals surface area contributed by atoms with E-state index in [2.05, 4.69) is 52.5 Å². The van der Waals surface area contributed by atoms with Gasteiger partial charge in [-0.1, -0.05) is 24.3 Å². The fraction of sp³-hybridized carbons (Fsp3) is 0.0714. The van der Waals surface area contributed by atoms with E-state index in [4.69, 9.17) is 0 Å². The predicted octanol–water partition coefficient (Wildman–Crippen LogP) is 14.7. The Morgan fingerprint density at radius 2 is 0.859 bits per heavy atom. The molecule has 0 radical (unpaired) electrons. The Morgan fingerprint density at radius 3 is 1.23 bits per heavy atom. The van der Waals surface area contributed by atoms with E-state index in [1.807, 2.05) is 62.4 Å². The zero-order chi connectivity index (χ0) is 55.5. The number of rotatable bonds is 10. The van der Waals surface area contributed by atoms with Gasteiger partial charge in [0.05, 0.1) is 45.0 Å². The molecule has 10 rings (SSSR count). The van der Waals surface area contributed by atoms with Gasteiger partial charge in [-0.25, -0.2) is 18.4 Å². The van der Waals surface area contributed by atoms with Gasteiger partial charge in [-0.2, -0.15) is 26.3 Å². The fourth-order valence-electron chi connectivity index (χ4n) is 8.15. The number of hydrogen-bond acceptors (Lipinski definition) is 6. The Hall–Kier alpha value is -10.1. The zero-order valence-electron chi connectivity index (χ0n) is 40.7. The van der Waals surface area contributed by atoms with Crippen LogP contribution in [0.15, 0.2) is 146 Å². The molecule has 0 unspecified atom stereocenters. The third-order valence-corrected chi connectivity index (χ3v) is 12.1. The number of H-pyrrole nitrogens is 2. The normalized spacial score (nSPS) is 13.7. The molecule has 0 saturated heterocycles. The molecule has 78 heavy (non-hydrogen) atoms. The van der Waals surface area contributed by atoms with Crippen molar-refractivity contribution in [3.63, 3.8) is 0 Å². The van der Waals surface area contributed by atoms with Crippen LogP contribution in [-0.2, 0) is 21.9 Å². The smallest absolute Gasteiger partial charge is 0.362 e. The molecule has 396 valence electrons. The van der Waals surface area contributed by atoms with Crippen molar-refractivity contribution in [3.05, 3.63) is 202 Å². The fourth-order valence-corrected chi connectivity index (χ4v) is 8.15. The van der Waals surface area contributed by atoms with Gasteiger partial charge in [0.2, 0.25) is 0 Å². The van der Waals surface area contributed by atoms with Gasteiger partial charge in [0.15, 0.2) is 0 Å². The molecule has 2 aliphatic rings. The lowest BCUT2D eigenvalue weighted by Crippen LogP contribution is -2.20. The molecule has 10 N–H and O–H groups in total. The molecule has 0 fully saturated rings. The predicted molar refractivity (Wildman–Crippen MR) is 284 cm³/mol. The second kappa shape index (κ2) is 21.6. The Kier molecular flexibility index (Phi) is 14.6. The van der Waals surface area contributed by atoms with Crippen LogP contribution in [0.5, 0.6) is 0 Å². The molecule has 0 saturated carbocycles. The van der Waals surface area contributed by atoms with E-state index in [0.717, 1.165) is 33.6 Å². The minimum absolute atomic E-state index is 0.220. The second-order valence-electron chi connectivity index (χ2n) is 17.6. The van der Waals surface area contributed by atoms with E-state index in [9.17, 15) is 54.3 Å². The number of anilines is 10. The number of carbonyl (C=O) groups excluding carboxylic acids is 4. The summed E-state index contributed by atoms with van der Waals surface area (Å²) in [6.45, 7) is 3.69. The van der Waals surface area contributed by atoms with Gasteiger partial charge < -0.3 is 52.5 Å². The topological polar surface area (TPSA) is 196 Å². The highest BCUT2D eigenvalue weighted by molar-refractivity contribution is 6.35. The highest BCUT2D eigenvalue weighted by Gasteiger charge is 2.33. The van der Waals surface area contributed by atoms with E-state index in [0.29, 0.717) is 93.0 Å². The van der Waals surface area contributed by atoms with E-state index < -0.39 is 58.6 Å². The van der Waals surface area contributed by atoms with E-state index in [-0.39, 0.29) is 11.8 Å². The number of carbonyl (C=O) groups is 4. The van der Waals surface area contributed by atoms with Crippen LogP contribution in [0.1, 0.15) is 44.8 Å². The number of halogens is 8.